The van der Waals surface area contributed by atoms with Crippen LogP contribution >= 0.6 is 0 Å². The van der Waals surface area contributed by atoms with E-state index in [2.05, 4.69) is 83.3 Å². The second kappa shape index (κ2) is 15.7. The van der Waals surface area contributed by atoms with Crippen molar-refractivity contribution in [3.63, 3.8) is 0 Å². The Morgan fingerprint density at radius 1 is 0.610 bits per heavy atom. The fourth-order valence-electron chi connectivity index (χ4n) is 4.81. The summed E-state index contributed by atoms with van der Waals surface area (Å²) in [6.07, 6.45) is 4.77. The lowest BCUT2D eigenvalue weighted by molar-refractivity contribution is 0.260. The highest BCUT2D eigenvalue weighted by molar-refractivity contribution is 5.74. The molecule has 212 valence electrons. The van der Waals surface area contributed by atoms with Gasteiger partial charge in [-0.1, -0.05) is 48.5 Å². The van der Waals surface area contributed by atoms with Crippen LogP contribution in [0.2, 0.25) is 0 Å². The molecule has 0 saturated carbocycles. The summed E-state index contributed by atoms with van der Waals surface area (Å²) in [6, 6.07) is 29.2. The predicted molar refractivity (Wildman–Crippen MR) is 165 cm³/mol. The van der Waals surface area contributed by atoms with E-state index in [1.807, 2.05) is 54.9 Å². The minimum Gasteiger partial charge on any atom is -0.341 e. The first-order valence-corrected chi connectivity index (χ1v) is 14.5. The Bertz CT molecular complexity index is 1390. The summed E-state index contributed by atoms with van der Waals surface area (Å²) in [7, 11) is 0. The molecule has 8 heteroatoms. The number of benzene rings is 2. The van der Waals surface area contributed by atoms with Crippen molar-refractivity contribution in [1.29, 1.82) is 0 Å². The van der Waals surface area contributed by atoms with Crippen LogP contribution in [0.15, 0.2) is 97.3 Å². The third-order valence-electron chi connectivity index (χ3n) is 6.99. The van der Waals surface area contributed by atoms with E-state index in [1.54, 1.807) is 0 Å². The first-order chi connectivity index (χ1) is 20.3. The lowest BCUT2D eigenvalue weighted by atomic mass is 10.1. The number of pyridine rings is 2. The van der Waals surface area contributed by atoms with E-state index in [0.717, 1.165) is 87.0 Å². The van der Waals surface area contributed by atoms with E-state index in [-0.39, 0.29) is 0 Å². The number of nitrogens with one attached hydrogen (secondary N) is 4. The molecule has 3 aromatic heterocycles. The minimum atomic E-state index is 0.712. The summed E-state index contributed by atoms with van der Waals surface area (Å²) in [5.41, 5.74) is 6.84. The smallest absolute Gasteiger partial charge is 0.121 e. The highest BCUT2D eigenvalue weighted by Crippen LogP contribution is 2.11. The average Bonchev–Trinajstić information content (AvgIpc) is 3.44. The molecule has 3 heterocycles. The van der Waals surface area contributed by atoms with Gasteiger partial charge >= 0.3 is 0 Å². The molecule has 8 nitrogen and oxygen atoms in total. The quantitative estimate of drug-likeness (QED) is 0.128. The zero-order valence-corrected chi connectivity index (χ0v) is 23.6. The van der Waals surface area contributed by atoms with Gasteiger partial charge in [-0.3, -0.25) is 14.9 Å². The Hall–Kier alpha value is -3.95. The van der Waals surface area contributed by atoms with Gasteiger partial charge in [0.15, 0.2) is 0 Å². The Balaban J connectivity index is 1.07. The second-order valence-electron chi connectivity index (χ2n) is 10.2. The number of nitrogens with zero attached hydrogens (tertiary/aromatic N) is 4. The van der Waals surface area contributed by atoms with E-state index in [0.29, 0.717) is 6.54 Å². The van der Waals surface area contributed by atoms with Gasteiger partial charge in [0, 0.05) is 51.7 Å². The molecule has 0 aliphatic carbocycles. The summed E-state index contributed by atoms with van der Waals surface area (Å²) in [4.78, 5) is 19.4. The summed E-state index contributed by atoms with van der Waals surface area (Å²) in [5, 5.41) is 10.6. The number of aromatic nitrogens is 4. The first-order valence-electron chi connectivity index (χ1n) is 14.5. The van der Waals surface area contributed by atoms with Crippen molar-refractivity contribution in [2.45, 2.75) is 39.1 Å². The van der Waals surface area contributed by atoms with Gasteiger partial charge < -0.3 is 20.9 Å². The average molecular weight is 549 g/mol. The second-order valence-corrected chi connectivity index (χ2v) is 10.2. The van der Waals surface area contributed by atoms with Crippen LogP contribution in [-0.2, 0) is 32.7 Å². The summed E-state index contributed by atoms with van der Waals surface area (Å²) in [5.74, 6) is 0.963. The summed E-state index contributed by atoms with van der Waals surface area (Å²) < 4.78 is 0. The number of hydrogen-bond acceptors (Lipinski definition) is 7. The predicted octanol–water partition coefficient (Wildman–Crippen LogP) is 4.41. The maximum atomic E-state index is 4.65. The SMILES string of the molecule is c1ccc(CNCCCN(CCNCc2ccccn2)Cc2ccc(CNCc3nc4ccccc4[nH]3)cc2)nc1. The zero-order valence-electron chi connectivity index (χ0n) is 23.6. The molecule has 0 unspecified atom stereocenters. The minimum absolute atomic E-state index is 0.712. The highest BCUT2D eigenvalue weighted by Gasteiger charge is 2.07. The summed E-state index contributed by atoms with van der Waals surface area (Å²) in [6.45, 7) is 7.93. The van der Waals surface area contributed by atoms with Gasteiger partial charge in [-0.25, -0.2) is 4.98 Å². The maximum absolute atomic E-state index is 4.65. The largest absolute Gasteiger partial charge is 0.341 e. The van der Waals surface area contributed by atoms with Crippen molar-refractivity contribution in [2.24, 2.45) is 0 Å². The highest BCUT2D eigenvalue weighted by atomic mass is 15.1. The molecule has 0 amide bonds. The molecule has 0 radical (unpaired) electrons. The van der Waals surface area contributed by atoms with E-state index >= 15 is 0 Å². The zero-order chi connectivity index (χ0) is 28.0. The monoisotopic (exact) mass is 548 g/mol. The van der Waals surface area contributed by atoms with Gasteiger partial charge in [0.2, 0.25) is 0 Å². The van der Waals surface area contributed by atoms with Crippen molar-refractivity contribution in [2.75, 3.05) is 26.2 Å². The van der Waals surface area contributed by atoms with Crippen LogP contribution in [0, 0.1) is 0 Å². The fourth-order valence-corrected chi connectivity index (χ4v) is 4.81. The molecule has 0 aliphatic heterocycles. The van der Waals surface area contributed by atoms with Crippen molar-refractivity contribution >= 4 is 11.0 Å². The molecule has 2 aromatic carbocycles. The van der Waals surface area contributed by atoms with Crippen molar-refractivity contribution < 1.29 is 0 Å². The molecule has 0 spiro atoms. The van der Waals surface area contributed by atoms with Crippen LogP contribution in [0.3, 0.4) is 0 Å². The third-order valence-corrected chi connectivity index (χ3v) is 6.99. The lowest BCUT2D eigenvalue weighted by Gasteiger charge is -2.23. The van der Waals surface area contributed by atoms with E-state index in [4.69, 9.17) is 0 Å². The van der Waals surface area contributed by atoms with Crippen LogP contribution in [0.5, 0.6) is 0 Å². The number of H-pyrrole nitrogens is 1. The van der Waals surface area contributed by atoms with Crippen LogP contribution < -0.4 is 16.0 Å². The molecule has 5 rings (SSSR count). The molecule has 4 N–H and O–H groups in total. The van der Waals surface area contributed by atoms with E-state index < -0.39 is 0 Å². The Morgan fingerprint density at radius 2 is 1.29 bits per heavy atom. The topological polar surface area (TPSA) is 93.8 Å². The molecule has 0 aliphatic rings. The Labute approximate surface area is 242 Å². The van der Waals surface area contributed by atoms with Crippen molar-refractivity contribution in [3.8, 4) is 0 Å². The van der Waals surface area contributed by atoms with Gasteiger partial charge in [-0.05, 0) is 67.0 Å². The van der Waals surface area contributed by atoms with Crippen LogP contribution in [0.1, 0.15) is 34.8 Å². The maximum Gasteiger partial charge on any atom is 0.121 e. The van der Waals surface area contributed by atoms with Gasteiger partial charge in [0.05, 0.1) is 29.0 Å². The van der Waals surface area contributed by atoms with Crippen molar-refractivity contribution in [3.05, 3.63) is 126 Å². The Kier molecular flexibility index (Phi) is 11.0. The van der Waals surface area contributed by atoms with E-state index in [1.165, 1.54) is 11.1 Å². The lowest BCUT2D eigenvalue weighted by Crippen LogP contribution is -2.33. The van der Waals surface area contributed by atoms with Crippen LogP contribution in [-0.4, -0.2) is 51.0 Å². The fraction of sp³-hybridized carbons (Fsp3) is 0.303. The van der Waals surface area contributed by atoms with Crippen molar-refractivity contribution in [1.82, 2.24) is 40.8 Å². The standard InChI is InChI=1S/C33H40N8/c1-2-11-32-31(10-1)39-33(40-32)25-36-22-27-12-14-28(15-13-27)26-41(21-19-35-24-30-9-4-6-18-38-30)20-7-16-34-23-29-8-3-5-17-37-29/h1-6,8-15,17-18,34-36H,7,16,19-26H2,(H,39,40). The van der Waals surface area contributed by atoms with Gasteiger partial charge in [0.25, 0.3) is 0 Å². The number of imidazole rings is 1. The third kappa shape index (κ3) is 9.58. The van der Waals surface area contributed by atoms with Gasteiger partial charge in [-0.2, -0.15) is 0 Å². The normalized spacial score (nSPS) is 11.4. The number of para-hydroxylation sites is 2. The Morgan fingerprint density at radius 3 is 2.00 bits per heavy atom. The molecular formula is C33H40N8. The molecule has 0 saturated heterocycles. The molecule has 0 atom stereocenters. The number of hydrogen-bond donors (Lipinski definition) is 4. The molecular weight excluding hydrogens is 508 g/mol. The van der Waals surface area contributed by atoms with Gasteiger partial charge in [-0.15, -0.1) is 0 Å². The molecule has 5 aromatic rings. The van der Waals surface area contributed by atoms with Gasteiger partial charge in [0.1, 0.15) is 5.82 Å². The first kappa shape index (κ1) is 28.6. The van der Waals surface area contributed by atoms with Crippen LogP contribution in [0.25, 0.3) is 11.0 Å². The summed E-state index contributed by atoms with van der Waals surface area (Å²) >= 11 is 0. The number of fused-ring (bicyclic) bond motifs is 1. The van der Waals surface area contributed by atoms with E-state index in [9.17, 15) is 0 Å². The number of rotatable bonds is 17. The molecule has 0 bridgehead atoms. The number of aromatic amines is 1. The molecule has 41 heavy (non-hydrogen) atoms. The molecule has 0 fully saturated rings. The van der Waals surface area contributed by atoms with Crippen LogP contribution in [0.4, 0.5) is 0 Å².